The van der Waals surface area contributed by atoms with Gasteiger partial charge in [-0.05, 0) is 40.8 Å². The summed E-state index contributed by atoms with van der Waals surface area (Å²) in [6.07, 6.45) is 0. The molecular weight excluding hydrogens is 376 g/mol. The van der Waals surface area contributed by atoms with Gasteiger partial charge < -0.3 is 0 Å². The quantitative estimate of drug-likeness (QED) is 0.449. The first-order valence-electron chi connectivity index (χ1n) is 10.5. The van der Waals surface area contributed by atoms with Crippen LogP contribution in [0.2, 0.25) is 0 Å². The molecule has 1 aliphatic rings. The van der Waals surface area contributed by atoms with E-state index in [1.54, 1.807) is 12.1 Å². The van der Waals surface area contributed by atoms with E-state index in [0.717, 1.165) is 37.7 Å². The third-order valence-electron chi connectivity index (χ3n) is 6.10. The minimum absolute atomic E-state index is 0.0506. The first-order valence-corrected chi connectivity index (χ1v) is 10.5. The van der Waals surface area contributed by atoms with Gasteiger partial charge in [0.15, 0.2) is 0 Å². The van der Waals surface area contributed by atoms with Crippen LogP contribution in [0.4, 0.5) is 8.78 Å². The van der Waals surface area contributed by atoms with E-state index in [9.17, 15) is 8.78 Å². The lowest BCUT2D eigenvalue weighted by Gasteiger charge is -2.40. The third kappa shape index (κ3) is 4.32. The molecule has 156 valence electrons. The highest BCUT2D eigenvalue weighted by molar-refractivity contribution is 5.66. The van der Waals surface area contributed by atoms with Crippen molar-refractivity contribution in [1.82, 2.24) is 4.90 Å². The molecule has 3 heteroatoms. The maximum atomic E-state index is 13.5. The number of hydrogen-bond donors (Lipinski definition) is 0. The molecule has 30 heavy (non-hydrogen) atoms. The largest absolute Gasteiger partial charge is 0.294 e. The molecule has 0 fully saturated rings. The highest BCUT2D eigenvalue weighted by Crippen LogP contribution is 2.37. The van der Waals surface area contributed by atoms with Crippen molar-refractivity contribution in [3.63, 3.8) is 0 Å². The van der Waals surface area contributed by atoms with Gasteiger partial charge in [-0.2, -0.15) is 0 Å². The van der Waals surface area contributed by atoms with Crippen LogP contribution < -0.4 is 0 Å². The van der Waals surface area contributed by atoms with Crippen molar-refractivity contribution in [2.75, 3.05) is 6.54 Å². The molecule has 4 rings (SSSR count). The van der Waals surface area contributed by atoms with E-state index in [1.807, 2.05) is 0 Å². The second-order valence-electron chi connectivity index (χ2n) is 9.35. The van der Waals surface area contributed by atoms with Crippen molar-refractivity contribution < 1.29 is 8.78 Å². The third-order valence-corrected chi connectivity index (χ3v) is 6.10. The Balaban J connectivity index is 1.61. The van der Waals surface area contributed by atoms with Gasteiger partial charge in [-0.3, -0.25) is 4.90 Å². The van der Waals surface area contributed by atoms with Crippen molar-refractivity contribution in [2.24, 2.45) is 0 Å². The van der Waals surface area contributed by atoms with E-state index >= 15 is 0 Å². The number of aryl methyl sites for hydroxylation is 1. The molecule has 1 nitrogen and oxygen atoms in total. The van der Waals surface area contributed by atoms with Crippen molar-refractivity contribution >= 4 is 0 Å². The Labute approximate surface area is 178 Å². The minimum atomic E-state index is -2.81. The maximum absolute atomic E-state index is 13.5. The van der Waals surface area contributed by atoms with Gasteiger partial charge in [-0.1, -0.05) is 80.1 Å². The summed E-state index contributed by atoms with van der Waals surface area (Å²) >= 11 is 0. The molecule has 0 spiro atoms. The number of hydrogen-bond acceptors (Lipinski definition) is 1. The van der Waals surface area contributed by atoms with Crippen LogP contribution in [0.5, 0.6) is 0 Å². The number of halogens is 2. The fraction of sp³-hybridized carbons (Fsp3) is 0.333. The van der Waals surface area contributed by atoms with Gasteiger partial charge in [-0.25, -0.2) is 8.78 Å². The first kappa shape index (κ1) is 20.7. The monoisotopic (exact) mass is 405 g/mol. The van der Waals surface area contributed by atoms with Crippen LogP contribution in [-0.4, -0.2) is 11.4 Å². The van der Waals surface area contributed by atoms with Gasteiger partial charge in [0.1, 0.15) is 0 Å². The van der Waals surface area contributed by atoms with Crippen LogP contribution in [0.3, 0.4) is 0 Å². The molecule has 3 aromatic rings. The standard InChI is InChI=1S/C27H29F2N/c1-19-5-7-20(8-6-19)16-30-17-23-15-22(11-14-25(23)26(2,3)18-30)21-9-12-24(13-10-21)27(4,28)29/h5-15H,16-18H2,1-4H3. The van der Waals surface area contributed by atoms with Gasteiger partial charge in [0.25, 0.3) is 5.92 Å². The van der Waals surface area contributed by atoms with Gasteiger partial charge in [0.2, 0.25) is 0 Å². The number of benzene rings is 3. The molecule has 1 heterocycles. The number of nitrogens with zero attached hydrogens (tertiary/aromatic N) is 1. The number of alkyl halides is 2. The Morgan fingerprint density at radius 1 is 0.900 bits per heavy atom. The van der Waals surface area contributed by atoms with Crippen LogP contribution in [0, 0.1) is 6.92 Å². The lowest BCUT2D eigenvalue weighted by atomic mass is 9.77. The second-order valence-corrected chi connectivity index (χ2v) is 9.35. The predicted octanol–water partition coefficient (Wildman–Crippen LogP) is 7.07. The summed E-state index contributed by atoms with van der Waals surface area (Å²) < 4.78 is 27.1. The van der Waals surface area contributed by atoms with Gasteiger partial charge in [0.05, 0.1) is 0 Å². The fourth-order valence-corrected chi connectivity index (χ4v) is 4.52. The molecule has 0 amide bonds. The summed E-state index contributed by atoms with van der Waals surface area (Å²) in [5.74, 6) is -2.81. The molecule has 0 aliphatic carbocycles. The molecule has 1 aliphatic heterocycles. The maximum Gasteiger partial charge on any atom is 0.270 e. The zero-order chi connectivity index (χ0) is 21.5. The average Bonchev–Trinajstić information content (AvgIpc) is 2.68. The van der Waals surface area contributed by atoms with Crippen molar-refractivity contribution in [2.45, 2.75) is 52.1 Å². The zero-order valence-electron chi connectivity index (χ0n) is 18.2. The minimum Gasteiger partial charge on any atom is -0.294 e. The molecule has 0 radical (unpaired) electrons. The van der Waals surface area contributed by atoms with Crippen LogP contribution in [0.15, 0.2) is 66.7 Å². The van der Waals surface area contributed by atoms with E-state index in [-0.39, 0.29) is 11.0 Å². The molecular formula is C27H29F2N. The van der Waals surface area contributed by atoms with E-state index in [0.29, 0.717) is 0 Å². The highest BCUT2D eigenvalue weighted by Gasteiger charge is 2.32. The fourth-order valence-electron chi connectivity index (χ4n) is 4.52. The summed E-state index contributed by atoms with van der Waals surface area (Å²) in [5.41, 5.74) is 7.46. The lowest BCUT2D eigenvalue weighted by Crippen LogP contribution is -2.41. The van der Waals surface area contributed by atoms with Crippen molar-refractivity contribution in [3.05, 3.63) is 94.5 Å². The smallest absolute Gasteiger partial charge is 0.270 e. The molecule has 0 N–H and O–H groups in total. The molecule has 0 atom stereocenters. The topological polar surface area (TPSA) is 3.24 Å². The average molecular weight is 406 g/mol. The molecule has 0 bridgehead atoms. The summed E-state index contributed by atoms with van der Waals surface area (Å²) in [6, 6.07) is 22.0. The summed E-state index contributed by atoms with van der Waals surface area (Å²) in [5, 5.41) is 0. The Morgan fingerprint density at radius 3 is 2.17 bits per heavy atom. The molecule has 0 saturated heterocycles. The second kappa shape index (κ2) is 7.63. The van der Waals surface area contributed by atoms with E-state index in [1.165, 1.54) is 34.4 Å². The SMILES string of the molecule is Cc1ccc(CN2Cc3cc(-c4ccc(C(C)(F)F)cc4)ccc3C(C)(C)C2)cc1. The van der Waals surface area contributed by atoms with E-state index in [4.69, 9.17) is 0 Å². The van der Waals surface area contributed by atoms with Gasteiger partial charge in [0, 0.05) is 37.5 Å². The van der Waals surface area contributed by atoms with Crippen LogP contribution >= 0.6 is 0 Å². The predicted molar refractivity (Wildman–Crippen MR) is 120 cm³/mol. The first-order chi connectivity index (χ1) is 14.1. The normalized spacial score (nSPS) is 16.3. The Hall–Kier alpha value is -2.52. The molecule has 3 aromatic carbocycles. The van der Waals surface area contributed by atoms with Gasteiger partial charge >= 0.3 is 0 Å². The Bertz CT molecular complexity index is 1030. The summed E-state index contributed by atoms with van der Waals surface area (Å²) in [6.45, 7) is 10.5. The van der Waals surface area contributed by atoms with E-state index < -0.39 is 5.92 Å². The number of rotatable bonds is 4. The van der Waals surface area contributed by atoms with Crippen LogP contribution in [-0.2, 0) is 24.4 Å². The molecule has 0 unspecified atom stereocenters. The summed E-state index contributed by atoms with van der Waals surface area (Å²) in [7, 11) is 0. The van der Waals surface area contributed by atoms with Gasteiger partial charge in [-0.15, -0.1) is 0 Å². The Morgan fingerprint density at radius 2 is 1.53 bits per heavy atom. The zero-order valence-corrected chi connectivity index (χ0v) is 18.2. The van der Waals surface area contributed by atoms with E-state index in [2.05, 4.69) is 68.1 Å². The number of fused-ring (bicyclic) bond motifs is 1. The van der Waals surface area contributed by atoms with Crippen LogP contribution in [0.1, 0.15) is 48.6 Å². The highest BCUT2D eigenvalue weighted by atomic mass is 19.3. The van der Waals surface area contributed by atoms with Crippen molar-refractivity contribution in [3.8, 4) is 11.1 Å². The lowest BCUT2D eigenvalue weighted by molar-refractivity contribution is 0.0175. The van der Waals surface area contributed by atoms with Crippen molar-refractivity contribution in [1.29, 1.82) is 0 Å². The molecule has 0 saturated carbocycles. The summed E-state index contributed by atoms with van der Waals surface area (Å²) in [4.78, 5) is 2.50. The Kier molecular flexibility index (Phi) is 5.27. The molecule has 0 aromatic heterocycles. The van der Waals surface area contributed by atoms with Crippen LogP contribution in [0.25, 0.3) is 11.1 Å².